The zero-order valence-electron chi connectivity index (χ0n) is 8.63. The minimum absolute atomic E-state index is 0.112. The number of nitriles is 1. The second-order valence-corrected chi connectivity index (χ2v) is 3.76. The predicted octanol–water partition coefficient (Wildman–Crippen LogP) is 2.56. The van der Waals surface area contributed by atoms with Gasteiger partial charge in [0.25, 0.3) is 0 Å². The van der Waals surface area contributed by atoms with Crippen LogP contribution < -0.4 is 0 Å². The third-order valence-corrected chi connectivity index (χ3v) is 1.43. The minimum Gasteiger partial charge on any atom is -0.271 e. The molecule has 3 heteroatoms. The summed E-state index contributed by atoms with van der Waals surface area (Å²) >= 11 is 0. The summed E-state index contributed by atoms with van der Waals surface area (Å²) in [6.07, 6.45) is 1.58. The molecule has 0 unspecified atom stereocenters. The van der Waals surface area contributed by atoms with Crippen molar-refractivity contribution in [3.63, 3.8) is 0 Å². The van der Waals surface area contributed by atoms with E-state index < -0.39 is 0 Å². The highest BCUT2D eigenvalue weighted by molar-refractivity contribution is 5.97. The van der Waals surface area contributed by atoms with Crippen LogP contribution in [-0.2, 0) is 0 Å². The van der Waals surface area contributed by atoms with Crippen LogP contribution in [0.1, 0.15) is 27.7 Å². The standard InChI is InChI=1S/C10H15N3/c1-8(6-11)13-9(7-12-5)10(2,3)4/h7H,5H2,1-4H3/b9-7-,13-8+. The van der Waals surface area contributed by atoms with E-state index >= 15 is 0 Å². The van der Waals surface area contributed by atoms with Crippen molar-refractivity contribution >= 4 is 12.4 Å². The van der Waals surface area contributed by atoms with Crippen molar-refractivity contribution < 1.29 is 0 Å². The van der Waals surface area contributed by atoms with E-state index in [4.69, 9.17) is 5.26 Å². The van der Waals surface area contributed by atoms with Crippen LogP contribution in [0.25, 0.3) is 0 Å². The third kappa shape index (κ3) is 4.22. The molecule has 0 rings (SSSR count). The molecule has 0 heterocycles. The molecule has 0 radical (unpaired) electrons. The fourth-order valence-corrected chi connectivity index (χ4v) is 0.682. The van der Waals surface area contributed by atoms with Gasteiger partial charge in [0.05, 0.1) is 5.70 Å². The Kier molecular flexibility index (Phi) is 4.06. The summed E-state index contributed by atoms with van der Waals surface area (Å²) in [5.41, 5.74) is 1.09. The second-order valence-electron chi connectivity index (χ2n) is 3.76. The van der Waals surface area contributed by atoms with Gasteiger partial charge in [0.1, 0.15) is 11.8 Å². The van der Waals surface area contributed by atoms with Gasteiger partial charge in [0.15, 0.2) is 0 Å². The van der Waals surface area contributed by atoms with E-state index in [1.165, 1.54) is 0 Å². The molecule has 3 nitrogen and oxygen atoms in total. The van der Waals surface area contributed by atoms with Gasteiger partial charge in [-0.25, -0.2) is 4.99 Å². The molecule has 0 aromatic heterocycles. The number of rotatable bonds is 2. The lowest BCUT2D eigenvalue weighted by molar-refractivity contribution is 0.497. The van der Waals surface area contributed by atoms with Crippen molar-refractivity contribution in [3.05, 3.63) is 11.9 Å². The van der Waals surface area contributed by atoms with Gasteiger partial charge in [0.2, 0.25) is 0 Å². The summed E-state index contributed by atoms with van der Waals surface area (Å²) < 4.78 is 0. The molecule has 0 atom stereocenters. The van der Waals surface area contributed by atoms with Crippen molar-refractivity contribution in [2.75, 3.05) is 0 Å². The minimum atomic E-state index is -0.112. The van der Waals surface area contributed by atoms with Crippen LogP contribution in [0.5, 0.6) is 0 Å². The summed E-state index contributed by atoms with van der Waals surface area (Å²) in [7, 11) is 0. The lowest BCUT2D eigenvalue weighted by Crippen LogP contribution is -2.08. The van der Waals surface area contributed by atoms with Crippen LogP contribution in [0, 0.1) is 16.7 Å². The summed E-state index contributed by atoms with van der Waals surface area (Å²) in [6.45, 7) is 11.1. The maximum Gasteiger partial charge on any atom is 0.115 e. The van der Waals surface area contributed by atoms with Crippen LogP contribution in [0.3, 0.4) is 0 Å². The Hall–Kier alpha value is -1.43. The first-order valence-electron chi connectivity index (χ1n) is 4.03. The molecule has 0 bridgehead atoms. The van der Waals surface area contributed by atoms with Gasteiger partial charge in [-0.3, -0.25) is 4.99 Å². The summed E-state index contributed by atoms with van der Waals surface area (Å²) in [4.78, 5) is 7.80. The average Bonchev–Trinajstić information content (AvgIpc) is 2.01. The summed E-state index contributed by atoms with van der Waals surface area (Å²) in [6, 6.07) is 1.97. The molecular weight excluding hydrogens is 162 g/mol. The van der Waals surface area contributed by atoms with Gasteiger partial charge >= 0.3 is 0 Å². The van der Waals surface area contributed by atoms with Crippen molar-refractivity contribution in [2.24, 2.45) is 15.4 Å². The third-order valence-electron chi connectivity index (χ3n) is 1.43. The van der Waals surface area contributed by atoms with Gasteiger partial charge in [-0.05, 0) is 13.6 Å². The normalized spacial score (nSPS) is 13.8. The maximum atomic E-state index is 8.56. The molecule has 13 heavy (non-hydrogen) atoms. The van der Waals surface area contributed by atoms with Crippen molar-refractivity contribution in [1.29, 1.82) is 5.26 Å². The first kappa shape index (κ1) is 11.6. The first-order valence-corrected chi connectivity index (χ1v) is 4.03. The molecule has 0 saturated carbocycles. The summed E-state index contributed by atoms with van der Waals surface area (Å²) in [5, 5.41) is 8.56. The number of hydrogen-bond donors (Lipinski definition) is 0. The topological polar surface area (TPSA) is 48.5 Å². The van der Waals surface area contributed by atoms with Crippen LogP contribution in [-0.4, -0.2) is 12.4 Å². The van der Waals surface area contributed by atoms with E-state index in [1.54, 1.807) is 13.1 Å². The van der Waals surface area contributed by atoms with Crippen LogP contribution in [0.4, 0.5) is 0 Å². The number of allylic oxidation sites excluding steroid dienone is 1. The fraction of sp³-hybridized carbons (Fsp3) is 0.500. The van der Waals surface area contributed by atoms with Crippen LogP contribution in [0.2, 0.25) is 0 Å². The van der Waals surface area contributed by atoms with Crippen molar-refractivity contribution in [1.82, 2.24) is 0 Å². The van der Waals surface area contributed by atoms with Gasteiger partial charge in [-0.15, -0.1) is 0 Å². The van der Waals surface area contributed by atoms with E-state index in [9.17, 15) is 0 Å². The molecule has 0 spiro atoms. The molecule has 0 aromatic carbocycles. The maximum absolute atomic E-state index is 8.56. The molecule has 0 aromatic rings. The quantitative estimate of drug-likeness (QED) is 0.598. The Morgan fingerprint density at radius 3 is 2.31 bits per heavy atom. The molecule has 0 aliphatic rings. The van der Waals surface area contributed by atoms with Gasteiger partial charge in [-0.1, -0.05) is 20.8 Å². The highest BCUT2D eigenvalue weighted by Crippen LogP contribution is 2.26. The largest absolute Gasteiger partial charge is 0.271 e. The highest BCUT2D eigenvalue weighted by Gasteiger charge is 2.16. The number of hydrogen-bond acceptors (Lipinski definition) is 3. The van der Waals surface area contributed by atoms with E-state index in [-0.39, 0.29) is 5.41 Å². The molecule has 0 fully saturated rings. The van der Waals surface area contributed by atoms with Crippen LogP contribution in [0.15, 0.2) is 21.9 Å². The molecule has 0 saturated heterocycles. The van der Waals surface area contributed by atoms with Crippen molar-refractivity contribution in [2.45, 2.75) is 27.7 Å². The lowest BCUT2D eigenvalue weighted by atomic mass is 9.93. The zero-order chi connectivity index (χ0) is 10.5. The average molecular weight is 177 g/mol. The Bertz CT molecular complexity index is 284. The number of nitrogens with zero attached hydrogens (tertiary/aromatic N) is 3. The molecule has 0 aliphatic carbocycles. The SMILES string of the molecule is C=N/C=C(\N=C(/C)C#N)C(C)(C)C. The Morgan fingerprint density at radius 2 is 2.00 bits per heavy atom. The van der Waals surface area contributed by atoms with Gasteiger partial charge in [0, 0.05) is 11.6 Å². The van der Waals surface area contributed by atoms with E-state index in [0.29, 0.717) is 5.71 Å². The van der Waals surface area contributed by atoms with E-state index in [0.717, 1.165) is 5.70 Å². The molecule has 70 valence electrons. The summed E-state index contributed by atoms with van der Waals surface area (Å²) in [5.74, 6) is 0. The Morgan fingerprint density at radius 1 is 1.46 bits per heavy atom. The van der Waals surface area contributed by atoms with Gasteiger partial charge < -0.3 is 0 Å². The highest BCUT2D eigenvalue weighted by atomic mass is 14.8. The zero-order valence-corrected chi connectivity index (χ0v) is 8.63. The van der Waals surface area contributed by atoms with Crippen molar-refractivity contribution in [3.8, 4) is 6.07 Å². The van der Waals surface area contributed by atoms with E-state index in [2.05, 4.69) is 16.7 Å². The van der Waals surface area contributed by atoms with Gasteiger partial charge in [-0.2, -0.15) is 5.26 Å². The molecule has 0 aliphatic heterocycles. The van der Waals surface area contributed by atoms with E-state index in [1.807, 2.05) is 26.8 Å². The first-order chi connectivity index (χ1) is 5.91. The molecule has 0 amide bonds. The number of aliphatic imine (C=N–C) groups is 2. The monoisotopic (exact) mass is 177 g/mol. The second kappa shape index (κ2) is 4.56. The Labute approximate surface area is 79.5 Å². The molecular formula is C10H15N3. The lowest BCUT2D eigenvalue weighted by Gasteiger charge is -2.18. The van der Waals surface area contributed by atoms with Crippen LogP contribution >= 0.6 is 0 Å². The predicted molar refractivity (Wildman–Crippen MR) is 55.8 cm³/mol. The fourth-order valence-electron chi connectivity index (χ4n) is 0.682. The molecule has 0 N–H and O–H groups in total. The smallest absolute Gasteiger partial charge is 0.115 e. The Balaban J connectivity index is 5.00.